The zero-order chi connectivity index (χ0) is 18.4. The van der Waals surface area contributed by atoms with Gasteiger partial charge in [-0.2, -0.15) is 13.2 Å². The Morgan fingerprint density at radius 1 is 1.29 bits per heavy atom. The summed E-state index contributed by atoms with van der Waals surface area (Å²) in [6.07, 6.45) is -3.74. The highest BCUT2D eigenvalue weighted by Crippen LogP contribution is 2.31. The molecule has 0 bridgehead atoms. The number of aryl methyl sites for hydroxylation is 2. The Labute approximate surface area is 138 Å². The van der Waals surface area contributed by atoms with Gasteiger partial charge in [-0.3, -0.25) is 0 Å². The zero-order valence-electron chi connectivity index (χ0n) is 13.7. The lowest BCUT2D eigenvalue weighted by Crippen LogP contribution is -2.52. The van der Waals surface area contributed by atoms with Crippen LogP contribution >= 0.6 is 0 Å². The molecule has 0 aliphatic heterocycles. The van der Waals surface area contributed by atoms with Crippen LogP contribution in [0.4, 0.5) is 23.7 Å². The van der Waals surface area contributed by atoms with Crippen LogP contribution < -0.4 is 10.6 Å². The van der Waals surface area contributed by atoms with Crippen molar-refractivity contribution in [2.24, 2.45) is 0 Å². The molecule has 0 saturated heterocycles. The van der Waals surface area contributed by atoms with Gasteiger partial charge >= 0.3 is 12.2 Å². The van der Waals surface area contributed by atoms with Crippen LogP contribution in [0.15, 0.2) is 30.5 Å². The number of ether oxygens (including phenoxy) is 1. The summed E-state index contributed by atoms with van der Waals surface area (Å²) in [6.45, 7) is 4.23. The normalized spacial score (nSPS) is 14.3. The second kappa shape index (κ2) is 8.05. The number of para-hydroxylation sites is 1. The van der Waals surface area contributed by atoms with Gasteiger partial charge in [-0.15, -0.1) is 0 Å². The Kier molecular flexibility index (Phi) is 6.65. The lowest BCUT2D eigenvalue weighted by atomic mass is 10.0. The first-order valence-electron chi connectivity index (χ1n) is 7.30. The fourth-order valence-electron chi connectivity index (χ4n) is 1.89. The van der Waals surface area contributed by atoms with E-state index in [1.807, 2.05) is 5.32 Å². The number of benzene rings is 1. The number of nitrogens with one attached hydrogen (secondary N) is 2. The number of alkyl halides is 3. The molecule has 0 saturated carbocycles. The quantitative estimate of drug-likeness (QED) is 0.693. The number of urea groups is 1. The number of rotatable bonds is 6. The maximum Gasteiger partial charge on any atom is 0.422 e. The molecular formula is C16H21F3N2O3. The molecule has 5 nitrogen and oxygen atoms in total. The molecule has 0 aliphatic rings. The topological polar surface area (TPSA) is 70.6 Å². The van der Waals surface area contributed by atoms with E-state index >= 15 is 0 Å². The van der Waals surface area contributed by atoms with Crippen LogP contribution in [0.1, 0.15) is 18.1 Å². The van der Waals surface area contributed by atoms with Crippen molar-refractivity contribution in [1.82, 2.24) is 5.32 Å². The van der Waals surface area contributed by atoms with Gasteiger partial charge < -0.3 is 20.5 Å². The van der Waals surface area contributed by atoms with Gasteiger partial charge in [0.2, 0.25) is 0 Å². The predicted octanol–water partition coefficient (Wildman–Crippen LogP) is 3.27. The molecule has 2 amide bonds. The number of amides is 2. The monoisotopic (exact) mass is 346 g/mol. The molecule has 1 aromatic rings. The van der Waals surface area contributed by atoms with Crippen molar-refractivity contribution in [3.63, 3.8) is 0 Å². The SMILES string of the molecule is CCO/C=C/C(O)(CNC(=O)Nc1c(C)cccc1C)C(F)(F)F. The van der Waals surface area contributed by atoms with Crippen molar-refractivity contribution in [2.45, 2.75) is 32.5 Å². The van der Waals surface area contributed by atoms with Crippen LogP contribution in [0.3, 0.4) is 0 Å². The zero-order valence-corrected chi connectivity index (χ0v) is 13.7. The lowest BCUT2D eigenvalue weighted by Gasteiger charge is -2.27. The van der Waals surface area contributed by atoms with Crippen LogP contribution in [0.25, 0.3) is 0 Å². The maximum absolute atomic E-state index is 13.0. The van der Waals surface area contributed by atoms with Crippen LogP contribution in [0.5, 0.6) is 0 Å². The summed E-state index contributed by atoms with van der Waals surface area (Å²) in [5.41, 5.74) is -1.17. The fraction of sp³-hybridized carbons (Fsp3) is 0.438. The molecule has 1 unspecified atom stereocenters. The summed E-state index contributed by atoms with van der Waals surface area (Å²) in [7, 11) is 0. The highest BCUT2D eigenvalue weighted by Gasteiger charge is 2.52. The number of hydrogen-bond donors (Lipinski definition) is 3. The highest BCUT2D eigenvalue weighted by molar-refractivity contribution is 5.91. The molecule has 0 heterocycles. The Hall–Kier alpha value is -2.22. The molecule has 0 spiro atoms. The van der Waals surface area contributed by atoms with Gasteiger partial charge in [0.25, 0.3) is 0 Å². The van der Waals surface area contributed by atoms with Gasteiger partial charge in [-0.1, -0.05) is 18.2 Å². The summed E-state index contributed by atoms with van der Waals surface area (Å²) in [6, 6.07) is 4.48. The molecule has 1 atom stereocenters. The molecule has 0 aliphatic carbocycles. The number of anilines is 1. The second-order valence-corrected chi connectivity index (χ2v) is 5.25. The Morgan fingerprint density at radius 3 is 2.38 bits per heavy atom. The Morgan fingerprint density at radius 2 is 1.88 bits per heavy atom. The van der Waals surface area contributed by atoms with Crippen molar-refractivity contribution in [3.8, 4) is 0 Å². The standard InChI is InChI=1S/C16H21F3N2O3/c1-4-24-9-8-15(23,16(17,18)19)10-20-14(22)21-13-11(2)6-5-7-12(13)3/h5-9,23H,4,10H2,1-3H3,(H2,20,21,22)/b9-8+. The molecule has 1 rings (SSSR count). The van der Waals surface area contributed by atoms with Crippen LogP contribution in [-0.4, -0.2) is 36.1 Å². The Balaban J connectivity index is 2.78. The van der Waals surface area contributed by atoms with E-state index in [-0.39, 0.29) is 6.61 Å². The minimum atomic E-state index is -4.97. The third-order valence-corrected chi connectivity index (χ3v) is 3.34. The summed E-state index contributed by atoms with van der Waals surface area (Å²) in [4.78, 5) is 11.9. The van der Waals surface area contributed by atoms with E-state index in [2.05, 4.69) is 10.1 Å². The Bertz CT molecular complexity index is 582. The molecule has 0 aromatic heterocycles. The molecule has 24 heavy (non-hydrogen) atoms. The molecule has 0 fully saturated rings. The number of hydrogen-bond acceptors (Lipinski definition) is 3. The van der Waals surface area contributed by atoms with Gasteiger partial charge in [-0.05, 0) is 38.0 Å². The van der Waals surface area contributed by atoms with Gasteiger partial charge in [0.05, 0.1) is 19.4 Å². The number of halogens is 3. The van der Waals surface area contributed by atoms with Crippen molar-refractivity contribution in [3.05, 3.63) is 41.7 Å². The van der Waals surface area contributed by atoms with E-state index in [9.17, 15) is 23.1 Å². The van der Waals surface area contributed by atoms with E-state index in [0.717, 1.165) is 17.4 Å². The minimum absolute atomic E-state index is 0.158. The van der Waals surface area contributed by atoms with E-state index < -0.39 is 24.4 Å². The van der Waals surface area contributed by atoms with Gasteiger partial charge in [0.15, 0.2) is 5.60 Å². The van der Waals surface area contributed by atoms with Crippen molar-refractivity contribution >= 4 is 11.7 Å². The minimum Gasteiger partial charge on any atom is -0.502 e. The lowest BCUT2D eigenvalue weighted by molar-refractivity contribution is -0.237. The first-order valence-corrected chi connectivity index (χ1v) is 7.30. The molecule has 1 aromatic carbocycles. The second-order valence-electron chi connectivity index (χ2n) is 5.25. The molecule has 8 heteroatoms. The number of carbonyl (C=O) groups is 1. The highest BCUT2D eigenvalue weighted by atomic mass is 19.4. The predicted molar refractivity (Wildman–Crippen MR) is 84.7 cm³/mol. The number of aliphatic hydroxyl groups is 1. The maximum atomic E-state index is 13.0. The average molecular weight is 346 g/mol. The van der Waals surface area contributed by atoms with Crippen LogP contribution in [0, 0.1) is 13.8 Å². The van der Waals surface area contributed by atoms with Crippen LogP contribution in [-0.2, 0) is 4.74 Å². The first kappa shape index (κ1) is 19.8. The summed E-state index contributed by atoms with van der Waals surface area (Å²) >= 11 is 0. The van der Waals surface area contributed by atoms with Gasteiger partial charge in [0, 0.05) is 5.69 Å². The van der Waals surface area contributed by atoms with Gasteiger partial charge in [-0.25, -0.2) is 4.79 Å². The van der Waals surface area contributed by atoms with Crippen molar-refractivity contribution in [2.75, 3.05) is 18.5 Å². The molecular weight excluding hydrogens is 325 g/mol. The van der Waals surface area contributed by atoms with E-state index in [1.54, 1.807) is 39.0 Å². The summed E-state index contributed by atoms with van der Waals surface area (Å²) < 4.78 is 43.7. The number of carbonyl (C=O) groups excluding carboxylic acids is 1. The van der Waals surface area contributed by atoms with Gasteiger partial charge in [0.1, 0.15) is 0 Å². The van der Waals surface area contributed by atoms with Crippen molar-refractivity contribution < 1.29 is 27.8 Å². The molecule has 134 valence electrons. The third kappa shape index (κ3) is 5.16. The fourth-order valence-corrected chi connectivity index (χ4v) is 1.89. The van der Waals surface area contributed by atoms with Crippen LogP contribution in [0.2, 0.25) is 0 Å². The van der Waals surface area contributed by atoms with Crippen molar-refractivity contribution in [1.29, 1.82) is 0 Å². The summed E-state index contributed by atoms with van der Waals surface area (Å²) in [5, 5.41) is 14.3. The van der Waals surface area contributed by atoms with E-state index in [0.29, 0.717) is 11.8 Å². The third-order valence-electron chi connectivity index (χ3n) is 3.34. The summed E-state index contributed by atoms with van der Waals surface area (Å²) in [5.74, 6) is 0. The first-order chi connectivity index (χ1) is 11.1. The van der Waals surface area contributed by atoms with E-state index in [4.69, 9.17) is 0 Å². The van der Waals surface area contributed by atoms with E-state index in [1.165, 1.54) is 0 Å². The molecule has 3 N–H and O–H groups in total. The molecule has 0 radical (unpaired) electrons. The smallest absolute Gasteiger partial charge is 0.422 e. The average Bonchev–Trinajstić information content (AvgIpc) is 2.48. The largest absolute Gasteiger partial charge is 0.502 e.